The normalized spacial score (nSPS) is 25.4. The average molecular weight is 1040 g/mol. The van der Waals surface area contributed by atoms with E-state index in [4.69, 9.17) is 16.2 Å². The van der Waals surface area contributed by atoms with E-state index >= 15 is 0 Å². The lowest BCUT2D eigenvalue weighted by Crippen LogP contribution is -2.43. The van der Waals surface area contributed by atoms with E-state index in [0.29, 0.717) is 53.6 Å². The average Bonchev–Trinajstić information content (AvgIpc) is 4.26. The molecule has 406 valence electrons. The second kappa shape index (κ2) is 21.8. The van der Waals surface area contributed by atoms with Crippen LogP contribution in [0.15, 0.2) is 55.8 Å². The molecular formula is C53H74N18O5. The van der Waals surface area contributed by atoms with Crippen LogP contribution in [0.2, 0.25) is 0 Å². The largest absolute Gasteiger partial charge is 0.459 e. The smallest absolute Gasteiger partial charge is 0.325 e. The van der Waals surface area contributed by atoms with Gasteiger partial charge in [0.15, 0.2) is 0 Å². The van der Waals surface area contributed by atoms with Gasteiger partial charge in [0, 0.05) is 97.1 Å². The zero-order valence-corrected chi connectivity index (χ0v) is 44.6. The maximum atomic E-state index is 12.5. The van der Waals surface area contributed by atoms with Crippen LogP contribution in [0.4, 0.5) is 22.2 Å². The SMILES string of the molecule is CN(c1ncnc2[nH]ccc12)C1C[C@@H]2CN(C(=O)CN)C[C@@H]2C1.CN(c1ncnc2[nH]ccc12)C1C[C@@H]2CN(C(=O)CN)C[C@@H]2C1.CN(c1ncnc2[nH]ccc12)C1C[C@@H]2CN(C(=O)NCC(=O)OC(C)(C)C)C[C@@H]2C1. The summed E-state index contributed by atoms with van der Waals surface area (Å²) < 4.78 is 5.24. The third-order valence-electron chi connectivity index (χ3n) is 17.0. The minimum atomic E-state index is -0.552. The number of hydrogen-bond donors (Lipinski definition) is 6. The molecule has 6 aromatic rings. The van der Waals surface area contributed by atoms with Crippen molar-refractivity contribution in [2.24, 2.45) is 47.0 Å². The van der Waals surface area contributed by atoms with Crippen molar-refractivity contribution in [1.29, 1.82) is 0 Å². The lowest BCUT2D eigenvalue weighted by atomic mass is 10.0. The molecule has 4 amide bonds. The highest BCUT2D eigenvalue weighted by atomic mass is 16.6. The van der Waals surface area contributed by atoms with Crippen LogP contribution in [0.5, 0.6) is 0 Å². The molecule has 3 unspecified atom stereocenters. The summed E-state index contributed by atoms with van der Waals surface area (Å²) in [7, 11) is 6.32. The number of urea groups is 1. The van der Waals surface area contributed by atoms with Gasteiger partial charge in [0.25, 0.3) is 0 Å². The number of anilines is 3. The first-order chi connectivity index (χ1) is 36.5. The fourth-order valence-electron chi connectivity index (χ4n) is 13.2. The highest BCUT2D eigenvalue weighted by Gasteiger charge is 2.46. The summed E-state index contributed by atoms with van der Waals surface area (Å²) in [5.74, 6) is 5.92. The van der Waals surface area contributed by atoms with Crippen molar-refractivity contribution >= 4 is 74.4 Å². The Morgan fingerprint density at radius 1 is 0.553 bits per heavy atom. The minimum Gasteiger partial charge on any atom is -0.459 e. The molecule has 6 fully saturated rings. The van der Waals surface area contributed by atoms with Crippen LogP contribution < -0.4 is 31.5 Å². The summed E-state index contributed by atoms with van der Waals surface area (Å²) in [6.45, 7) is 10.4. The third-order valence-corrected chi connectivity index (χ3v) is 17.0. The Labute approximate surface area is 442 Å². The number of carbonyl (C=O) groups excluding carboxylic acids is 4. The van der Waals surface area contributed by atoms with Crippen molar-refractivity contribution in [1.82, 2.24) is 64.9 Å². The fraction of sp³-hybridized carbons (Fsp3) is 0.585. The third kappa shape index (κ3) is 10.9. The molecule has 23 heteroatoms. The minimum absolute atomic E-state index is 0.0779. The van der Waals surface area contributed by atoms with Crippen LogP contribution in [0.3, 0.4) is 0 Å². The van der Waals surface area contributed by atoms with Gasteiger partial charge in [0.05, 0.1) is 29.2 Å². The number of amides is 4. The van der Waals surface area contributed by atoms with Crippen molar-refractivity contribution in [3.63, 3.8) is 0 Å². The predicted molar refractivity (Wildman–Crippen MR) is 289 cm³/mol. The summed E-state index contributed by atoms with van der Waals surface area (Å²) in [6, 6.07) is 7.19. The van der Waals surface area contributed by atoms with Gasteiger partial charge in [-0.3, -0.25) is 14.4 Å². The maximum Gasteiger partial charge on any atom is 0.325 e. The number of likely N-dealkylation sites (tertiary alicyclic amines) is 3. The Kier molecular flexibility index (Phi) is 15.0. The number of H-pyrrole nitrogens is 3. The van der Waals surface area contributed by atoms with Gasteiger partial charge < -0.3 is 65.9 Å². The quantitative estimate of drug-likeness (QED) is 0.107. The predicted octanol–water partition coefficient (Wildman–Crippen LogP) is 3.34. The van der Waals surface area contributed by atoms with E-state index in [0.717, 1.165) is 128 Å². The Balaban J connectivity index is 0.000000131. The molecule has 3 aliphatic carbocycles. The fourth-order valence-corrected chi connectivity index (χ4v) is 13.2. The monoisotopic (exact) mass is 1040 g/mol. The molecule has 8 N–H and O–H groups in total. The molecule has 23 nitrogen and oxygen atoms in total. The maximum absolute atomic E-state index is 12.5. The number of hydrogen-bond acceptors (Lipinski definition) is 16. The van der Waals surface area contributed by atoms with Crippen LogP contribution in [-0.2, 0) is 19.1 Å². The molecule has 0 radical (unpaired) electrons. The lowest BCUT2D eigenvalue weighted by molar-refractivity contribution is -0.153. The Hall–Kier alpha value is -7.14. The lowest BCUT2D eigenvalue weighted by Gasteiger charge is -2.28. The number of nitrogens with one attached hydrogen (secondary N) is 4. The summed E-state index contributed by atoms with van der Waals surface area (Å²) in [6.07, 6.45) is 17.0. The van der Waals surface area contributed by atoms with Crippen molar-refractivity contribution in [3.8, 4) is 0 Å². The van der Waals surface area contributed by atoms with Crippen molar-refractivity contribution in [2.45, 2.75) is 83.0 Å². The van der Waals surface area contributed by atoms with Crippen LogP contribution in [0.25, 0.3) is 33.1 Å². The first-order valence-electron chi connectivity index (χ1n) is 26.8. The van der Waals surface area contributed by atoms with Gasteiger partial charge >= 0.3 is 12.0 Å². The molecular weight excluding hydrogens is 969 g/mol. The number of nitrogens with two attached hydrogens (primary N) is 2. The number of esters is 1. The van der Waals surface area contributed by atoms with E-state index in [1.165, 1.54) is 0 Å². The van der Waals surface area contributed by atoms with Gasteiger partial charge in [0.1, 0.15) is 65.5 Å². The Bertz CT molecular complexity index is 2860. The number of aromatic amines is 3. The van der Waals surface area contributed by atoms with E-state index in [2.05, 4.69) is 86.0 Å². The summed E-state index contributed by atoms with van der Waals surface area (Å²) in [5, 5.41) is 5.85. The van der Waals surface area contributed by atoms with Crippen molar-refractivity contribution in [2.75, 3.05) is 94.7 Å². The second-order valence-corrected chi connectivity index (χ2v) is 22.7. The summed E-state index contributed by atoms with van der Waals surface area (Å²) in [4.78, 5) is 96.0. The first-order valence-corrected chi connectivity index (χ1v) is 26.8. The van der Waals surface area contributed by atoms with E-state index in [1.54, 1.807) is 19.0 Å². The zero-order valence-electron chi connectivity index (χ0n) is 44.6. The molecule has 0 spiro atoms. The molecule has 0 bridgehead atoms. The van der Waals surface area contributed by atoms with Gasteiger partial charge in [-0.15, -0.1) is 0 Å². The molecule has 9 heterocycles. The van der Waals surface area contributed by atoms with Gasteiger partial charge in [-0.1, -0.05) is 0 Å². The molecule has 3 saturated heterocycles. The molecule has 9 atom stereocenters. The highest BCUT2D eigenvalue weighted by Crippen LogP contribution is 2.44. The molecule has 12 rings (SSSR count). The van der Waals surface area contributed by atoms with Crippen LogP contribution in [0.1, 0.15) is 59.3 Å². The second-order valence-electron chi connectivity index (χ2n) is 22.7. The molecule has 0 aromatic carbocycles. The topological polar surface area (TPSA) is 286 Å². The van der Waals surface area contributed by atoms with E-state index in [-0.39, 0.29) is 37.5 Å². The standard InChI is InChI=1S/C21H30N6O3.2C16H22N6O/c1-21(2,3)30-17(28)9-23-20(29)27-10-13-7-15(8-14(13)11-27)26(4)19-16-5-6-22-18(16)24-12-25-19;2*1-21(16-13-2-3-18-15(13)19-9-20-16)12-4-10-7-22(14(23)6-17)8-11(10)5-12/h5-6,12-15H,7-11H2,1-4H3,(H,23,29)(H,22,24,25);2*2-3,9-12H,4-8,17H2,1H3,(H,18,19,20)/t13-,14+,15?;2*10-,11+,12?. The van der Waals surface area contributed by atoms with E-state index in [1.807, 2.05) is 72.3 Å². The Morgan fingerprint density at radius 2 is 0.868 bits per heavy atom. The summed E-state index contributed by atoms with van der Waals surface area (Å²) >= 11 is 0. The van der Waals surface area contributed by atoms with Crippen molar-refractivity contribution < 1.29 is 23.9 Å². The number of aromatic nitrogens is 9. The molecule has 6 aliphatic rings. The molecule has 6 aromatic heterocycles. The molecule has 3 aliphatic heterocycles. The van der Waals surface area contributed by atoms with Crippen LogP contribution >= 0.6 is 0 Å². The zero-order chi connectivity index (χ0) is 53.4. The first kappa shape index (κ1) is 52.3. The number of carbonyl (C=O) groups is 4. The van der Waals surface area contributed by atoms with E-state index in [9.17, 15) is 19.2 Å². The summed E-state index contributed by atoms with van der Waals surface area (Å²) in [5.41, 5.74) is 13.0. The van der Waals surface area contributed by atoms with Gasteiger partial charge in [0.2, 0.25) is 11.8 Å². The van der Waals surface area contributed by atoms with Crippen LogP contribution in [-0.4, -0.2) is 187 Å². The van der Waals surface area contributed by atoms with Gasteiger partial charge in [-0.2, -0.15) is 0 Å². The van der Waals surface area contributed by atoms with Crippen molar-refractivity contribution in [3.05, 3.63) is 55.8 Å². The number of fused-ring (bicyclic) bond motifs is 6. The molecule has 3 saturated carbocycles. The number of nitrogens with zero attached hydrogens (tertiary/aromatic N) is 12. The highest BCUT2D eigenvalue weighted by molar-refractivity contribution is 5.89. The number of rotatable bonds is 10. The number of ether oxygens (including phenoxy) is 1. The van der Waals surface area contributed by atoms with E-state index < -0.39 is 11.6 Å². The molecule has 76 heavy (non-hydrogen) atoms. The van der Waals surface area contributed by atoms with Gasteiger partial charge in [-0.25, -0.2) is 34.7 Å². The van der Waals surface area contributed by atoms with Crippen LogP contribution in [0, 0.1) is 35.5 Å². The van der Waals surface area contributed by atoms with Gasteiger partial charge in [-0.05, 0) is 113 Å². The Morgan fingerprint density at radius 3 is 1.17 bits per heavy atom.